The van der Waals surface area contributed by atoms with Crippen molar-refractivity contribution in [1.82, 2.24) is 5.32 Å². The van der Waals surface area contributed by atoms with Crippen LogP contribution in [0.25, 0.3) is 0 Å². The van der Waals surface area contributed by atoms with Gasteiger partial charge in [0.25, 0.3) is 0 Å². The van der Waals surface area contributed by atoms with E-state index in [-0.39, 0.29) is 12.0 Å². The highest BCUT2D eigenvalue weighted by Crippen LogP contribution is 2.36. The van der Waals surface area contributed by atoms with E-state index in [0.29, 0.717) is 5.41 Å². The van der Waals surface area contributed by atoms with Gasteiger partial charge in [-0.25, -0.2) is 0 Å². The maximum atomic E-state index is 11.8. The summed E-state index contributed by atoms with van der Waals surface area (Å²) in [5, 5.41) is 3.31. The standard InChI is InChI=1S/C14H27NO2/c1-11(12(16)17-13(2,3)4)15-10-14(5)8-6-7-9-14/h11,15H,6-10H2,1-5H3. The first-order valence-electron chi connectivity index (χ1n) is 6.68. The van der Waals surface area contributed by atoms with Crippen molar-refractivity contribution >= 4 is 5.97 Å². The van der Waals surface area contributed by atoms with Gasteiger partial charge in [0.15, 0.2) is 0 Å². The zero-order valence-electron chi connectivity index (χ0n) is 11.9. The molecule has 0 aromatic rings. The zero-order chi connectivity index (χ0) is 13.1. The molecule has 0 saturated heterocycles. The minimum absolute atomic E-state index is 0.154. The number of esters is 1. The fourth-order valence-electron chi connectivity index (χ4n) is 2.28. The van der Waals surface area contributed by atoms with Gasteiger partial charge in [0, 0.05) is 6.54 Å². The molecule has 0 bridgehead atoms. The van der Waals surface area contributed by atoms with Crippen molar-refractivity contribution < 1.29 is 9.53 Å². The summed E-state index contributed by atoms with van der Waals surface area (Å²) in [7, 11) is 0. The van der Waals surface area contributed by atoms with Gasteiger partial charge >= 0.3 is 5.97 Å². The summed E-state index contributed by atoms with van der Waals surface area (Å²) in [6.45, 7) is 10.8. The lowest BCUT2D eigenvalue weighted by molar-refractivity contribution is -0.157. The van der Waals surface area contributed by atoms with E-state index in [1.54, 1.807) is 0 Å². The smallest absolute Gasteiger partial charge is 0.323 e. The van der Waals surface area contributed by atoms with Crippen molar-refractivity contribution in [3.05, 3.63) is 0 Å². The number of carbonyl (C=O) groups excluding carboxylic acids is 1. The Morgan fingerprint density at radius 1 is 1.35 bits per heavy atom. The van der Waals surface area contributed by atoms with Crippen molar-refractivity contribution in [2.75, 3.05) is 6.54 Å². The van der Waals surface area contributed by atoms with Crippen molar-refractivity contribution in [3.63, 3.8) is 0 Å². The fraction of sp³-hybridized carbons (Fsp3) is 0.929. The van der Waals surface area contributed by atoms with Crippen LogP contribution < -0.4 is 5.32 Å². The van der Waals surface area contributed by atoms with E-state index in [0.717, 1.165) is 6.54 Å². The summed E-state index contributed by atoms with van der Waals surface area (Å²) < 4.78 is 5.35. The second-order valence-corrected chi connectivity index (χ2v) is 6.65. The molecular weight excluding hydrogens is 214 g/mol. The fourth-order valence-corrected chi connectivity index (χ4v) is 2.28. The second-order valence-electron chi connectivity index (χ2n) is 6.65. The molecule has 1 fully saturated rings. The Morgan fingerprint density at radius 3 is 2.35 bits per heavy atom. The third-order valence-electron chi connectivity index (χ3n) is 3.41. The Bertz CT molecular complexity index is 262. The number of ether oxygens (including phenoxy) is 1. The normalized spacial score (nSPS) is 21.2. The molecule has 0 radical (unpaired) electrons. The van der Waals surface area contributed by atoms with Crippen LogP contribution in [0.15, 0.2) is 0 Å². The maximum Gasteiger partial charge on any atom is 0.323 e. The molecule has 0 aliphatic heterocycles. The Kier molecular flexibility index (Phi) is 4.59. The van der Waals surface area contributed by atoms with Gasteiger partial charge in [-0.1, -0.05) is 19.8 Å². The maximum absolute atomic E-state index is 11.8. The summed E-state index contributed by atoms with van der Waals surface area (Å²) in [5.74, 6) is -0.154. The van der Waals surface area contributed by atoms with Gasteiger partial charge in [-0.05, 0) is 46.0 Å². The van der Waals surface area contributed by atoms with E-state index >= 15 is 0 Å². The van der Waals surface area contributed by atoms with E-state index in [2.05, 4.69) is 12.2 Å². The number of carbonyl (C=O) groups is 1. The molecule has 17 heavy (non-hydrogen) atoms. The van der Waals surface area contributed by atoms with Gasteiger partial charge in [0.1, 0.15) is 11.6 Å². The van der Waals surface area contributed by atoms with Crippen LogP contribution in [0.3, 0.4) is 0 Å². The molecule has 3 heteroatoms. The summed E-state index contributed by atoms with van der Waals surface area (Å²) in [5.41, 5.74) is -0.0272. The van der Waals surface area contributed by atoms with Crippen LogP contribution in [0.5, 0.6) is 0 Å². The second kappa shape index (κ2) is 5.38. The predicted octanol–water partition coefficient (Wildman–Crippen LogP) is 2.89. The molecule has 100 valence electrons. The highest BCUT2D eigenvalue weighted by atomic mass is 16.6. The van der Waals surface area contributed by atoms with Crippen LogP contribution in [0.1, 0.15) is 60.3 Å². The minimum Gasteiger partial charge on any atom is -0.459 e. The summed E-state index contributed by atoms with van der Waals surface area (Å²) in [4.78, 5) is 11.8. The van der Waals surface area contributed by atoms with Gasteiger partial charge in [0.2, 0.25) is 0 Å². The SMILES string of the molecule is CC(NCC1(C)CCCC1)C(=O)OC(C)(C)C. The molecule has 0 spiro atoms. The Labute approximate surface area is 105 Å². The van der Waals surface area contributed by atoms with E-state index in [9.17, 15) is 4.79 Å². The quantitative estimate of drug-likeness (QED) is 0.769. The third-order valence-corrected chi connectivity index (χ3v) is 3.41. The molecular formula is C14H27NO2. The number of rotatable bonds is 4. The van der Waals surface area contributed by atoms with Crippen molar-refractivity contribution in [2.45, 2.75) is 71.9 Å². The van der Waals surface area contributed by atoms with E-state index < -0.39 is 5.60 Å². The van der Waals surface area contributed by atoms with E-state index in [1.807, 2.05) is 27.7 Å². The van der Waals surface area contributed by atoms with Gasteiger partial charge in [-0.2, -0.15) is 0 Å². The Hall–Kier alpha value is -0.570. The topological polar surface area (TPSA) is 38.3 Å². The number of nitrogens with one attached hydrogen (secondary N) is 1. The summed E-state index contributed by atoms with van der Waals surface area (Å²) in [6, 6.07) is -0.216. The lowest BCUT2D eigenvalue weighted by Gasteiger charge is -2.27. The Balaban J connectivity index is 2.33. The molecule has 1 saturated carbocycles. The van der Waals surface area contributed by atoms with Gasteiger partial charge in [-0.15, -0.1) is 0 Å². The highest BCUT2D eigenvalue weighted by molar-refractivity contribution is 5.75. The molecule has 3 nitrogen and oxygen atoms in total. The molecule has 1 aliphatic carbocycles. The van der Waals surface area contributed by atoms with Crippen LogP contribution >= 0.6 is 0 Å². The molecule has 0 aromatic heterocycles. The molecule has 0 aromatic carbocycles. The largest absolute Gasteiger partial charge is 0.459 e. The minimum atomic E-state index is -0.399. The first-order valence-corrected chi connectivity index (χ1v) is 6.68. The number of hydrogen-bond acceptors (Lipinski definition) is 3. The lowest BCUT2D eigenvalue weighted by Crippen LogP contribution is -2.43. The third kappa shape index (κ3) is 5.07. The zero-order valence-corrected chi connectivity index (χ0v) is 11.9. The molecule has 1 N–H and O–H groups in total. The molecule has 0 heterocycles. The van der Waals surface area contributed by atoms with E-state index in [4.69, 9.17) is 4.74 Å². The van der Waals surface area contributed by atoms with Crippen LogP contribution in [0, 0.1) is 5.41 Å². The van der Waals surface area contributed by atoms with Gasteiger partial charge in [-0.3, -0.25) is 4.79 Å². The first kappa shape index (κ1) is 14.5. The number of hydrogen-bond donors (Lipinski definition) is 1. The van der Waals surface area contributed by atoms with E-state index in [1.165, 1.54) is 25.7 Å². The van der Waals surface area contributed by atoms with Crippen molar-refractivity contribution in [2.24, 2.45) is 5.41 Å². The summed E-state index contributed by atoms with van der Waals surface area (Å²) >= 11 is 0. The molecule has 1 atom stereocenters. The lowest BCUT2D eigenvalue weighted by atomic mass is 9.89. The monoisotopic (exact) mass is 241 g/mol. The van der Waals surface area contributed by atoms with Crippen molar-refractivity contribution in [1.29, 1.82) is 0 Å². The first-order chi connectivity index (χ1) is 7.72. The highest BCUT2D eigenvalue weighted by Gasteiger charge is 2.30. The molecule has 1 rings (SSSR count). The molecule has 1 aliphatic rings. The average Bonchev–Trinajstić information content (AvgIpc) is 2.59. The summed E-state index contributed by atoms with van der Waals surface area (Å²) in [6.07, 6.45) is 5.17. The molecule has 1 unspecified atom stereocenters. The van der Waals surface area contributed by atoms with Gasteiger partial charge < -0.3 is 10.1 Å². The van der Waals surface area contributed by atoms with Crippen LogP contribution in [-0.4, -0.2) is 24.2 Å². The Morgan fingerprint density at radius 2 is 1.88 bits per heavy atom. The molecule has 0 amide bonds. The van der Waals surface area contributed by atoms with Crippen LogP contribution in [0.4, 0.5) is 0 Å². The van der Waals surface area contributed by atoms with Crippen molar-refractivity contribution in [3.8, 4) is 0 Å². The average molecular weight is 241 g/mol. The van der Waals surface area contributed by atoms with Crippen LogP contribution in [-0.2, 0) is 9.53 Å². The predicted molar refractivity (Wildman–Crippen MR) is 69.9 cm³/mol. The van der Waals surface area contributed by atoms with Gasteiger partial charge in [0.05, 0.1) is 0 Å². The van der Waals surface area contributed by atoms with Crippen LogP contribution in [0.2, 0.25) is 0 Å².